The van der Waals surface area contributed by atoms with Gasteiger partial charge in [0.25, 0.3) is 0 Å². The van der Waals surface area contributed by atoms with Crippen LogP contribution in [0.5, 0.6) is 0 Å². The van der Waals surface area contributed by atoms with Gasteiger partial charge < -0.3 is 10.2 Å². The Hall–Kier alpha value is -1.84. The number of hydrogen-bond donors (Lipinski definition) is 1. The number of fused-ring (bicyclic) bond motifs is 1. The van der Waals surface area contributed by atoms with Gasteiger partial charge in [-0.2, -0.15) is 0 Å². The lowest BCUT2D eigenvalue weighted by Gasteiger charge is -2.39. The number of nitrogens with zero attached hydrogens (tertiary/aromatic N) is 1. The van der Waals surface area contributed by atoms with Crippen molar-refractivity contribution in [2.45, 2.75) is 37.1 Å². The first-order valence-electron chi connectivity index (χ1n) is 8.27. The largest absolute Gasteiger partial charge is 0.356 e. The molecule has 1 N–H and O–H groups in total. The van der Waals surface area contributed by atoms with Crippen LogP contribution in [-0.4, -0.2) is 36.3 Å². The number of likely N-dealkylation sites (tertiary alicyclic amines) is 1. The Kier molecular flexibility index (Phi) is 3.21. The number of rotatable bonds is 4. The second kappa shape index (κ2) is 5.11. The van der Waals surface area contributed by atoms with Gasteiger partial charge >= 0.3 is 0 Å². The fourth-order valence-electron chi connectivity index (χ4n) is 4.40. The molecule has 1 aliphatic heterocycles. The van der Waals surface area contributed by atoms with Gasteiger partial charge in [0.2, 0.25) is 12.3 Å². The highest BCUT2D eigenvalue weighted by molar-refractivity contribution is 5.80. The maximum atomic E-state index is 12.5. The van der Waals surface area contributed by atoms with Gasteiger partial charge in [0, 0.05) is 30.5 Å². The Bertz CT molecular complexity index is 582. The van der Waals surface area contributed by atoms with E-state index in [0.29, 0.717) is 17.2 Å². The molecule has 2 amide bonds. The molecule has 0 bridgehead atoms. The summed E-state index contributed by atoms with van der Waals surface area (Å²) in [5, 5.41) is 2.76. The van der Waals surface area contributed by atoms with Crippen molar-refractivity contribution in [1.82, 2.24) is 10.2 Å². The van der Waals surface area contributed by atoms with Crippen molar-refractivity contribution in [3.8, 4) is 0 Å². The first-order chi connectivity index (χ1) is 10.7. The topological polar surface area (TPSA) is 49.4 Å². The molecule has 2 unspecified atom stereocenters. The third kappa shape index (κ3) is 2.13. The van der Waals surface area contributed by atoms with Crippen LogP contribution in [0.4, 0.5) is 0 Å². The second-order valence-electron chi connectivity index (χ2n) is 7.11. The summed E-state index contributed by atoms with van der Waals surface area (Å²) in [5.41, 5.74) is 1.80. The van der Waals surface area contributed by atoms with E-state index in [1.807, 2.05) is 0 Å². The lowest BCUT2D eigenvalue weighted by molar-refractivity contribution is -0.140. The Labute approximate surface area is 130 Å². The second-order valence-corrected chi connectivity index (χ2v) is 7.11. The van der Waals surface area contributed by atoms with E-state index in [1.54, 1.807) is 0 Å². The van der Waals surface area contributed by atoms with E-state index < -0.39 is 0 Å². The summed E-state index contributed by atoms with van der Waals surface area (Å²) < 4.78 is 0. The van der Waals surface area contributed by atoms with E-state index in [4.69, 9.17) is 0 Å². The Morgan fingerprint density at radius 2 is 2.05 bits per heavy atom. The molecule has 116 valence electrons. The first kappa shape index (κ1) is 13.8. The monoisotopic (exact) mass is 298 g/mol. The summed E-state index contributed by atoms with van der Waals surface area (Å²) in [6.45, 7) is 1.79. The third-order valence-corrected chi connectivity index (χ3v) is 5.95. The molecule has 2 saturated carbocycles. The molecule has 3 fully saturated rings. The van der Waals surface area contributed by atoms with Gasteiger partial charge in [-0.1, -0.05) is 30.3 Å². The number of carbonyl (C=O) groups is 2. The Morgan fingerprint density at radius 3 is 2.73 bits per heavy atom. The van der Waals surface area contributed by atoms with E-state index in [1.165, 1.54) is 12.0 Å². The lowest BCUT2D eigenvalue weighted by atomic mass is 9.78. The summed E-state index contributed by atoms with van der Waals surface area (Å²) in [5.74, 6) is 1.06. The number of benzene rings is 1. The van der Waals surface area contributed by atoms with Crippen molar-refractivity contribution in [1.29, 1.82) is 0 Å². The third-order valence-electron chi connectivity index (χ3n) is 5.95. The highest BCUT2D eigenvalue weighted by Crippen LogP contribution is 2.59. The van der Waals surface area contributed by atoms with Crippen LogP contribution >= 0.6 is 0 Å². The van der Waals surface area contributed by atoms with Gasteiger partial charge in [0.1, 0.15) is 0 Å². The molecule has 0 spiro atoms. The number of carbonyl (C=O) groups excluding carboxylic acids is 2. The number of amides is 2. The van der Waals surface area contributed by atoms with Crippen LogP contribution in [0.2, 0.25) is 0 Å². The average Bonchev–Trinajstić information content (AvgIpc) is 3.25. The molecule has 2 atom stereocenters. The summed E-state index contributed by atoms with van der Waals surface area (Å²) >= 11 is 0. The minimum absolute atomic E-state index is 0.125. The van der Waals surface area contributed by atoms with Crippen molar-refractivity contribution in [3.05, 3.63) is 35.9 Å². The fraction of sp³-hybridized carbons (Fsp3) is 0.556. The number of hydrogen-bond acceptors (Lipinski definition) is 2. The minimum atomic E-state index is 0.125. The van der Waals surface area contributed by atoms with Crippen molar-refractivity contribution < 1.29 is 9.59 Å². The lowest BCUT2D eigenvalue weighted by Crippen LogP contribution is -2.50. The molecule has 0 aromatic heterocycles. The van der Waals surface area contributed by atoms with Crippen molar-refractivity contribution in [2.24, 2.45) is 11.8 Å². The van der Waals surface area contributed by atoms with Gasteiger partial charge in [-0.15, -0.1) is 0 Å². The van der Waals surface area contributed by atoms with Crippen molar-refractivity contribution >= 4 is 12.3 Å². The molecule has 1 aromatic rings. The van der Waals surface area contributed by atoms with Gasteiger partial charge in [-0.05, 0) is 37.2 Å². The molecular weight excluding hydrogens is 276 g/mol. The molecule has 3 aliphatic rings. The quantitative estimate of drug-likeness (QED) is 0.860. The maximum Gasteiger partial charge on any atom is 0.225 e. The van der Waals surface area contributed by atoms with Crippen LogP contribution in [0.15, 0.2) is 30.3 Å². The predicted molar refractivity (Wildman–Crippen MR) is 83.1 cm³/mol. The normalized spacial score (nSPS) is 36.0. The molecule has 1 heterocycles. The molecule has 0 radical (unpaired) electrons. The van der Waals surface area contributed by atoms with Crippen molar-refractivity contribution in [3.63, 3.8) is 0 Å². The molecule has 4 heteroatoms. The molecule has 4 rings (SSSR count). The van der Waals surface area contributed by atoms with E-state index in [-0.39, 0.29) is 12.0 Å². The Balaban J connectivity index is 1.35. The maximum absolute atomic E-state index is 12.5. The van der Waals surface area contributed by atoms with E-state index >= 15 is 0 Å². The van der Waals surface area contributed by atoms with E-state index in [0.717, 1.165) is 38.8 Å². The number of piperidine rings is 1. The SMILES string of the molecule is O=CNC1CC(C(=O)N2CCC3(c4ccccc4)CC3C2)C1. The zero-order valence-electron chi connectivity index (χ0n) is 12.7. The summed E-state index contributed by atoms with van der Waals surface area (Å²) in [6.07, 6.45) is 4.67. The highest BCUT2D eigenvalue weighted by atomic mass is 16.2. The standard InChI is InChI=1S/C18H22N2O2/c21-12-19-16-8-13(9-16)17(22)20-7-6-18(10-15(18)11-20)14-4-2-1-3-5-14/h1-5,12-13,15-16H,6-11H2,(H,19,21). The fourth-order valence-corrected chi connectivity index (χ4v) is 4.40. The molecule has 1 aromatic carbocycles. The molecule has 2 aliphatic carbocycles. The van der Waals surface area contributed by atoms with Crippen LogP contribution in [0.1, 0.15) is 31.2 Å². The predicted octanol–water partition coefficient (Wildman–Crippen LogP) is 1.70. The Morgan fingerprint density at radius 1 is 1.27 bits per heavy atom. The summed E-state index contributed by atoms with van der Waals surface area (Å²) in [4.78, 5) is 25.0. The first-order valence-corrected chi connectivity index (χ1v) is 8.27. The van der Waals surface area contributed by atoms with Crippen LogP contribution in [-0.2, 0) is 15.0 Å². The number of nitrogens with one attached hydrogen (secondary N) is 1. The van der Waals surface area contributed by atoms with Gasteiger partial charge in [0.15, 0.2) is 0 Å². The summed E-state index contributed by atoms with van der Waals surface area (Å²) in [7, 11) is 0. The summed E-state index contributed by atoms with van der Waals surface area (Å²) in [6, 6.07) is 11.0. The van der Waals surface area contributed by atoms with Crippen LogP contribution < -0.4 is 5.32 Å². The van der Waals surface area contributed by atoms with Crippen LogP contribution in [0.3, 0.4) is 0 Å². The zero-order valence-corrected chi connectivity index (χ0v) is 12.7. The minimum Gasteiger partial charge on any atom is -0.356 e. The molecule has 22 heavy (non-hydrogen) atoms. The van der Waals surface area contributed by atoms with Crippen LogP contribution in [0.25, 0.3) is 0 Å². The molecule has 4 nitrogen and oxygen atoms in total. The average molecular weight is 298 g/mol. The van der Waals surface area contributed by atoms with Gasteiger partial charge in [0.05, 0.1) is 0 Å². The van der Waals surface area contributed by atoms with Crippen molar-refractivity contribution in [2.75, 3.05) is 13.1 Å². The van der Waals surface area contributed by atoms with Crippen LogP contribution in [0, 0.1) is 11.8 Å². The van der Waals surface area contributed by atoms with Gasteiger partial charge in [-0.25, -0.2) is 0 Å². The zero-order chi connectivity index (χ0) is 15.2. The molecular formula is C18H22N2O2. The van der Waals surface area contributed by atoms with E-state index in [9.17, 15) is 9.59 Å². The van der Waals surface area contributed by atoms with Gasteiger partial charge in [-0.3, -0.25) is 9.59 Å². The highest BCUT2D eigenvalue weighted by Gasteiger charge is 2.58. The van der Waals surface area contributed by atoms with E-state index in [2.05, 4.69) is 40.5 Å². The smallest absolute Gasteiger partial charge is 0.225 e. The molecule has 1 saturated heterocycles.